The number of aliphatic carboxylic acids is 1. The van der Waals surface area contributed by atoms with Gasteiger partial charge in [-0.3, -0.25) is 4.79 Å². The van der Waals surface area contributed by atoms with Gasteiger partial charge in [0.1, 0.15) is 12.4 Å². The molecule has 0 spiro atoms. The summed E-state index contributed by atoms with van der Waals surface area (Å²) >= 11 is 0. The molecule has 22 heteroatoms. The van der Waals surface area contributed by atoms with Gasteiger partial charge >= 0.3 is 5.97 Å². The second kappa shape index (κ2) is 79.9. The van der Waals surface area contributed by atoms with Crippen LogP contribution in [0.4, 0.5) is 0 Å². The molecule has 20 nitrogen and oxygen atoms in total. The van der Waals surface area contributed by atoms with E-state index in [-0.39, 0.29) is 45.2 Å². The van der Waals surface area contributed by atoms with Gasteiger partial charge in [-0.05, 0) is 186 Å². The fraction of sp³-hybridized carbons (Fsp3) is 0.851. The van der Waals surface area contributed by atoms with E-state index in [4.69, 9.17) is 70.8 Å². The van der Waals surface area contributed by atoms with Crippen molar-refractivity contribution in [2.75, 3.05) is 126 Å². The average Bonchev–Trinajstić information content (AvgIpc) is 3.69. The van der Waals surface area contributed by atoms with Crippen LogP contribution in [0.5, 0.6) is 0 Å². The molecular weight excluding hydrogens is 1180 g/mol. The Labute approximate surface area is 547 Å². The monoisotopic (exact) mass is 1310 g/mol. The molecule has 0 aromatic heterocycles. The van der Waals surface area contributed by atoms with E-state index in [0.29, 0.717) is 65.0 Å². The van der Waals surface area contributed by atoms with E-state index < -0.39 is 5.97 Å². The molecule has 89 heavy (non-hydrogen) atoms. The Balaban J connectivity index is -0.000000529. The van der Waals surface area contributed by atoms with E-state index in [1.807, 2.05) is 20.8 Å². The molecule has 0 aromatic rings. The molecule has 3 fully saturated rings. The van der Waals surface area contributed by atoms with Crippen LogP contribution in [0.25, 0.3) is 10.4 Å². The van der Waals surface area contributed by atoms with Gasteiger partial charge in [0.2, 0.25) is 0 Å². The number of ether oxygens (including phenoxy) is 11. The quantitative estimate of drug-likeness (QED) is 0.0127. The van der Waals surface area contributed by atoms with E-state index in [2.05, 4.69) is 72.3 Å². The van der Waals surface area contributed by atoms with E-state index in [1.54, 1.807) is 14.2 Å². The summed E-state index contributed by atoms with van der Waals surface area (Å²) in [6.45, 7) is 17.1. The van der Waals surface area contributed by atoms with Gasteiger partial charge in [0, 0.05) is 83.8 Å². The van der Waals surface area contributed by atoms with Crippen LogP contribution < -0.4 is 11.5 Å². The van der Waals surface area contributed by atoms with Crippen LogP contribution in [0.15, 0.2) is 53.7 Å². The Morgan fingerprint density at radius 3 is 1.17 bits per heavy atom. The van der Waals surface area contributed by atoms with Gasteiger partial charge in [0.15, 0.2) is 18.9 Å². The molecule has 5 unspecified atom stereocenters. The first-order valence-corrected chi connectivity index (χ1v) is 35.8. The maximum Gasteiger partial charge on any atom is 0.329 e. The molecule has 7 N–H and O–H groups in total. The first kappa shape index (κ1) is 90.9. The lowest BCUT2D eigenvalue weighted by Crippen LogP contribution is -2.24. The second-order valence-corrected chi connectivity index (χ2v) is 22.4. The molecular formula is C67H133N5O15P2. The van der Waals surface area contributed by atoms with Crippen LogP contribution in [-0.2, 0) is 61.7 Å². The van der Waals surface area contributed by atoms with Gasteiger partial charge in [-0.15, -0.1) is 17.8 Å². The smallest absolute Gasteiger partial charge is 0.329 e. The molecule has 0 bridgehead atoms. The maximum atomic E-state index is 11.7. The number of azide groups is 1. The lowest BCUT2D eigenvalue weighted by molar-refractivity contribution is -0.169. The minimum Gasteiger partial charge on any atom is -0.480 e. The Morgan fingerprint density at radius 2 is 0.865 bits per heavy atom. The average molecular weight is 1310 g/mol. The Bertz CT molecular complexity index is 1570. The van der Waals surface area contributed by atoms with Crippen molar-refractivity contribution < 1.29 is 72.3 Å². The number of carbonyl (C=O) groups is 2. The van der Waals surface area contributed by atoms with E-state index in [9.17, 15) is 9.59 Å². The zero-order valence-electron chi connectivity index (χ0n) is 57.6. The minimum atomic E-state index is -0.914. The van der Waals surface area contributed by atoms with Gasteiger partial charge in [-0.1, -0.05) is 100 Å². The molecule has 0 radical (unpaired) electrons. The number of ketones is 1. The van der Waals surface area contributed by atoms with Gasteiger partial charge in [-0.2, -0.15) is 0 Å². The number of carboxylic acids is 1. The van der Waals surface area contributed by atoms with E-state index in [0.717, 1.165) is 188 Å². The SMILES string of the molecule is CC(C)(C)C(=O)CCC/C=C\CCCCCOCC(=O)O.COC.NCC/C=C\CCCCCOCCOC1CCCCO1.NCC/C=C\CCCCCOCCOC1CCCCO1.O.[3H]PP.[N-]=[N+]=NCC/C=C\CCCCCOCCOC1CCCCO1. The highest BCUT2D eigenvalue weighted by Gasteiger charge is 2.20. The van der Waals surface area contributed by atoms with E-state index >= 15 is 0 Å². The van der Waals surface area contributed by atoms with Crippen LogP contribution in [-0.4, -0.2) is 169 Å². The van der Waals surface area contributed by atoms with Gasteiger partial charge in [0.25, 0.3) is 0 Å². The number of carbonyl (C=O) groups excluding carboxylic acids is 1. The topological polar surface area (TPSA) is 288 Å². The number of nitrogens with zero attached hydrogens (tertiary/aromatic N) is 3. The molecule has 3 saturated heterocycles. The van der Waals surface area contributed by atoms with Gasteiger partial charge in [-0.25, -0.2) is 4.79 Å². The van der Waals surface area contributed by atoms with Crippen LogP contribution in [0.1, 0.15) is 220 Å². The Morgan fingerprint density at radius 1 is 0.539 bits per heavy atom. The summed E-state index contributed by atoms with van der Waals surface area (Å²) < 4.78 is 65.3. The zero-order valence-corrected chi connectivity index (χ0v) is 58.8. The number of allylic oxidation sites excluding steroid dienone is 5. The lowest BCUT2D eigenvalue weighted by Gasteiger charge is -2.22. The number of hydrogen-bond acceptors (Lipinski definition) is 16. The molecule has 5 atom stereocenters. The first-order valence-electron chi connectivity index (χ1n) is 34.0. The molecule has 3 heterocycles. The van der Waals surface area contributed by atoms with Crippen molar-refractivity contribution in [1.82, 2.24) is 0 Å². The number of hydrogen-bond donors (Lipinski definition) is 3. The fourth-order valence-corrected chi connectivity index (χ4v) is 8.35. The van der Waals surface area contributed by atoms with Gasteiger partial charge < -0.3 is 74.2 Å². The summed E-state index contributed by atoms with van der Waals surface area (Å²) in [4.78, 5) is 24.6. The number of methoxy groups -OCH3 is 1. The molecule has 0 aromatic carbocycles. The lowest BCUT2D eigenvalue weighted by atomic mass is 9.88. The summed E-state index contributed by atoms with van der Waals surface area (Å²) in [6.07, 6.45) is 51.0. The third-order valence-electron chi connectivity index (χ3n) is 13.3. The van der Waals surface area contributed by atoms with Gasteiger partial charge in [0.05, 0.1) is 40.9 Å². The van der Waals surface area contributed by atoms with Crippen molar-refractivity contribution in [3.63, 3.8) is 0 Å². The van der Waals surface area contributed by atoms with Crippen LogP contribution in [0.3, 0.4) is 0 Å². The molecule has 3 aliphatic heterocycles. The number of rotatable bonds is 49. The third kappa shape index (κ3) is 79.9. The highest BCUT2D eigenvalue weighted by atomic mass is 32.0. The molecule has 526 valence electrons. The summed E-state index contributed by atoms with van der Waals surface area (Å²) in [6, 6.07) is 0. The zero-order chi connectivity index (χ0) is 65.9. The molecule has 0 amide bonds. The second-order valence-electron chi connectivity index (χ2n) is 22.4. The maximum absolute atomic E-state index is 11.7. The summed E-state index contributed by atoms with van der Waals surface area (Å²) in [5.41, 5.74) is 18.7. The molecule has 3 aliphatic rings. The first-order chi connectivity index (χ1) is 43.5. The Hall–Kier alpha value is -2.29. The predicted molar refractivity (Wildman–Crippen MR) is 370 cm³/mol. The van der Waals surface area contributed by atoms with Crippen molar-refractivity contribution >= 4 is 29.6 Å². The standard InChI is InChI=1S/C17H30O4.C16H29N3O3.2C16H31NO3.C2H6O.H2O.H4P2/c1-17(2,3)15(18)12-10-8-6-4-5-7-9-11-13-21-14-16(19)20;17-19-18-11-7-4-2-1-3-5-8-12-20-14-15-22-16-10-6-9-13-21-16;2*17-11-7-4-2-1-3-5-8-12-18-14-15-20-16-10-6-9-13-19-16;1-3-2;;1-2/h4,6H,5,7-14H2,1-3H3,(H,19,20);2,4,16H,1,3,5-15H2;2*2,4,16H,1,3,5-15,17H2;1-2H3;1H2;1-2H2/b6-4-;3*4-2-;;;/i;;;;;;1T. The number of Topliss-reactive ketones (excluding diaryl/α,β-unsaturated/α-hetero) is 1. The number of nitrogens with two attached hydrogens (primary N) is 2. The number of unbranched alkanes of at least 4 members (excludes halogenated alkanes) is 13. The van der Waals surface area contributed by atoms with Crippen molar-refractivity contribution in [3.05, 3.63) is 59.1 Å². The van der Waals surface area contributed by atoms with Crippen LogP contribution >= 0.6 is 17.8 Å². The summed E-state index contributed by atoms with van der Waals surface area (Å²) in [5.74, 6) is -0.583. The van der Waals surface area contributed by atoms with E-state index in [1.165, 1.54) is 57.8 Å². The summed E-state index contributed by atoms with van der Waals surface area (Å²) in [5, 5.41) is 11.9. The normalized spacial score (nSPS) is 16.8. The fourth-order valence-electron chi connectivity index (χ4n) is 8.35. The largest absolute Gasteiger partial charge is 0.480 e. The summed E-state index contributed by atoms with van der Waals surface area (Å²) in [7, 11) is 5.77. The predicted octanol–water partition coefficient (Wildman–Crippen LogP) is 14.5. The van der Waals surface area contributed by atoms with Crippen LogP contribution in [0.2, 0.25) is 0 Å². The van der Waals surface area contributed by atoms with Crippen molar-refractivity contribution in [3.8, 4) is 0 Å². The minimum absolute atomic E-state index is 0. The van der Waals surface area contributed by atoms with Crippen molar-refractivity contribution in [1.29, 1.82) is 1.28 Å². The molecule has 3 rings (SSSR count). The molecule has 0 aliphatic carbocycles. The Kier molecular flexibility index (Phi) is 81.7. The highest BCUT2D eigenvalue weighted by Crippen LogP contribution is 2.19. The van der Waals surface area contributed by atoms with Crippen LogP contribution in [0, 0.1) is 5.41 Å². The highest BCUT2D eigenvalue weighted by molar-refractivity contribution is 7.92. The van der Waals surface area contributed by atoms with Crippen molar-refractivity contribution in [2.24, 2.45) is 22.0 Å². The third-order valence-corrected chi connectivity index (χ3v) is 13.3. The number of carboxylic acid groups (broad SMARTS) is 1. The molecule has 0 saturated carbocycles. The van der Waals surface area contributed by atoms with Crippen molar-refractivity contribution in [2.45, 2.75) is 239 Å².